The van der Waals surface area contributed by atoms with E-state index in [2.05, 4.69) is 10.3 Å². The highest BCUT2D eigenvalue weighted by Crippen LogP contribution is 2.29. The molecule has 1 heterocycles. The normalized spacial score (nSPS) is 11.2. The minimum absolute atomic E-state index is 0.166. The number of amides is 1. The van der Waals surface area contributed by atoms with E-state index in [1.54, 1.807) is 24.5 Å². The van der Waals surface area contributed by atoms with Crippen molar-refractivity contribution in [2.75, 3.05) is 5.32 Å². The van der Waals surface area contributed by atoms with Crippen LogP contribution in [0.4, 0.5) is 18.9 Å². The van der Waals surface area contributed by atoms with Crippen LogP contribution in [0.2, 0.25) is 0 Å². The first-order valence-corrected chi connectivity index (χ1v) is 7.88. The van der Waals surface area contributed by atoms with Gasteiger partial charge in [-0.2, -0.15) is 13.2 Å². The molecule has 0 unspecified atom stereocenters. The molecular weight excluding hydrogens is 341 g/mol. The number of nitrogens with zero attached hydrogens (tertiary/aromatic N) is 1. The number of alkyl halides is 3. The molecule has 2 aromatic carbocycles. The van der Waals surface area contributed by atoms with Crippen molar-refractivity contribution in [3.8, 4) is 0 Å². The lowest BCUT2D eigenvalue weighted by atomic mass is 10.1. The summed E-state index contributed by atoms with van der Waals surface area (Å²) in [5.74, 6) is -0.458. The molecule has 3 rings (SSSR count). The Morgan fingerprint density at radius 2 is 1.42 bits per heavy atom. The Morgan fingerprint density at radius 3 is 2.00 bits per heavy atom. The average Bonchev–Trinajstić information content (AvgIpc) is 2.63. The first kappa shape index (κ1) is 17.7. The molecule has 1 N–H and O–H groups in total. The molecule has 0 aliphatic heterocycles. The van der Waals surface area contributed by atoms with Gasteiger partial charge in [-0.1, -0.05) is 12.1 Å². The van der Waals surface area contributed by atoms with Crippen molar-refractivity contribution in [2.24, 2.45) is 0 Å². The highest BCUT2D eigenvalue weighted by molar-refractivity contribution is 6.04. The highest BCUT2D eigenvalue weighted by Gasteiger charge is 2.30. The second-order valence-electron chi connectivity index (χ2n) is 5.76. The Hall–Kier alpha value is -3.15. The van der Waals surface area contributed by atoms with Crippen LogP contribution in [-0.2, 0) is 12.6 Å². The summed E-state index contributed by atoms with van der Waals surface area (Å²) in [4.78, 5) is 16.1. The number of halogens is 3. The smallest absolute Gasteiger partial charge is 0.322 e. The van der Waals surface area contributed by atoms with Crippen molar-refractivity contribution in [3.63, 3.8) is 0 Å². The minimum atomic E-state index is -4.42. The van der Waals surface area contributed by atoms with Gasteiger partial charge in [-0.25, -0.2) is 0 Å². The number of rotatable bonds is 4. The number of anilines is 1. The second-order valence-corrected chi connectivity index (χ2v) is 5.76. The first-order valence-electron chi connectivity index (χ1n) is 7.88. The van der Waals surface area contributed by atoms with Crippen molar-refractivity contribution in [3.05, 3.63) is 95.3 Å². The molecule has 0 saturated carbocycles. The number of nitrogens with one attached hydrogen (secondary N) is 1. The zero-order chi connectivity index (χ0) is 18.6. The molecule has 1 amide bonds. The third kappa shape index (κ3) is 4.47. The number of benzene rings is 2. The number of carbonyl (C=O) groups excluding carboxylic acids is 1. The van der Waals surface area contributed by atoms with E-state index in [-0.39, 0.29) is 5.56 Å². The van der Waals surface area contributed by atoms with E-state index in [4.69, 9.17) is 0 Å². The largest absolute Gasteiger partial charge is 0.416 e. The van der Waals surface area contributed by atoms with E-state index in [0.717, 1.165) is 41.8 Å². The van der Waals surface area contributed by atoms with Gasteiger partial charge in [-0.3, -0.25) is 9.78 Å². The molecule has 3 nitrogen and oxygen atoms in total. The van der Waals surface area contributed by atoms with Crippen LogP contribution in [0.15, 0.2) is 73.1 Å². The Labute approximate surface area is 148 Å². The molecule has 0 fully saturated rings. The minimum Gasteiger partial charge on any atom is -0.322 e. The third-order valence-corrected chi connectivity index (χ3v) is 3.84. The lowest BCUT2D eigenvalue weighted by molar-refractivity contribution is -0.137. The third-order valence-electron chi connectivity index (χ3n) is 3.84. The summed E-state index contributed by atoms with van der Waals surface area (Å²) in [6.45, 7) is 0. The molecule has 0 bridgehead atoms. The zero-order valence-corrected chi connectivity index (χ0v) is 13.6. The maximum Gasteiger partial charge on any atom is 0.416 e. The van der Waals surface area contributed by atoms with Gasteiger partial charge in [-0.05, 0) is 66.1 Å². The maximum atomic E-state index is 12.6. The van der Waals surface area contributed by atoms with E-state index >= 15 is 0 Å². The average molecular weight is 356 g/mol. The Morgan fingerprint density at radius 1 is 0.846 bits per heavy atom. The Balaban J connectivity index is 1.64. The van der Waals surface area contributed by atoms with Gasteiger partial charge in [0.15, 0.2) is 0 Å². The molecule has 0 atom stereocenters. The number of carbonyl (C=O) groups is 1. The number of aromatic nitrogens is 1. The van der Waals surface area contributed by atoms with Crippen molar-refractivity contribution >= 4 is 11.6 Å². The summed E-state index contributed by atoms with van der Waals surface area (Å²) >= 11 is 0. The van der Waals surface area contributed by atoms with Gasteiger partial charge in [0, 0.05) is 23.6 Å². The lowest BCUT2D eigenvalue weighted by Gasteiger charge is -2.09. The van der Waals surface area contributed by atoms with Crippen molar-refractivity contribution in [2.45, 2.75) is 12.6 Å². The molecule has 0 radical (unpaired) electrons. The molecule has 0 saturated heterocycles. The maximum absolute atomic E-state index is 12.6. The van der Waals surface area contributed by atoms with E-state index in [9.17, 15) is 18.0 Å². The van der Waals surface area contributed by atoms with Crippen LogP contribution in [0.3, 0.4) is 0 Å². The Bertz CT molecular complexity index is 874. The molecule has 1 aromatic heterocycles. The van der Waals surface area contributed by atoms with Crippen LogP contribution in [0.5, 0.6) is 0 Å². The standard InChI is InChI=1S/C20H15F3N2O/c21-20(22,23)17-5-3-16(4-6-17)19(26)25-18-7-1-14(2-8-18)13-15-9-11-24-12-10-15/h1-12H,13H2,(H,25,26). The summed E-state index contributed by atoms with van der Waals surface area (Å²) in [7, 11) is 0. The van der Waals surface area contributed by atoms with E-state index in [0.29, 0.717) is 5.69 Å². The van der Waals surface area contributed by atoms with Crippen LogP contribution in [0.25, 0.3) is 0 Å². The van der Waals surface area contributed by atoms with Crippen LogP contribution in [0.1, 0.15) is 27.0 Å². The lowest BCUT2D eigenvalue weighted by Crippen LogP contribution is -2.12. The van der Waals surface area contributed by atoms with Gasteiger partial charge >= 0.3 is 6.18 Å². The zero-order valence-electron chi connectivity index (χ0n) is 13.6. The molecule has 26 heavy (non-hydrogen) atoms. The SMILES string of the molecule is O=C(Nc1ccc(Cc2ccncc2)cc1)c1ccc(C(F)(F)F)cc1. The molecular formula is C20H15F3N2O. The predicted octanol–water partition coefficient (Wildman–Crippen LogP) is 4.94. The van der Waals surface area contributed by atoms with E-state index < -0.39 is 17.6 Å². The summed E-state index contributed by atoms with van der Waals surface area (Å²) in [6.07, 6.45) is -0.211. The topological polar surface area (TPSA) is 42.0 Å². The van der Waals surface area contributed by atoms with Gasteiger partial charge in [0.25, 0.3) is 5.91 Å². The second kappa shape index (κ2) is 7.39. The molecule has 132 valence electrons. The summed E-state index contributed by atoms with van der Waals surface area (Å²) in [5, 5.41) is 2.68. The fourth-order valence-corrected chi connectivity index (χ4v) is 2.46. The predicted molar refractivity (Wildman–Crippen MR) is 92.9 cm³/mol. The van der Waals surface area contributed by atoms with Crippen molar-refractivity contribution in [1.82, 2.24) is 4.98 Å². The van der Waals surface area contributed by atoms with Crippen molar-refractivity contribution < 1.29 is 18.0 Å². The van der Waals surface area contributed by atoms with Crippen LogP contribution < -0.4 is 5.32 Å². The van der Waals surface area contributed by atoms with Crippen LogP contribution in [-0.4, -0.2) is 10.9 Å². The molecule has 3 aromatic rings. The van der Waals surface area contributed by atoms with Crippen LogP contribution in [0, 0.1) is 0 Å². The number of pyridine rings is 1. The van der Waals surface area contributed by atoms with Crippen LogP contribution >= 0.6 is 0 Å². The first-order chi connectivity index (χ1) is 12.4. The van der Waals surface area contributed by atoms with Gasteiger partial charge in [0.2, 0.25) is 0 Å². The van der Waals surface area contributed by atoms with Gasteiger partial charge < -0.3 is 5.32 Å². The van der Waals surface area contributed by atoms with Gasteiger partial charge in [0.1, 0.15) is 0 Å². The fourth-order valence-electron chi connectivity index (χ4n) is 2.46. The molecule has 6 heteroatoms. The van der Waals surface area contributed by atoms with Crippen molar-refractivity contribution in [1.29, 1.82) is 0 Å². The fraction of sp³-hybridized carbons (Fsp3) is 0.100. The highest BCUT2D eigenvalue weighted by atomic mass is 19.4. The molecule has 0 spiro atoms. The van der Waals surface area contributed by atoms with E-state index in [1.807, 2.05) is 24.3 Å². The number of hydrogen-bond donors (Lipinski definition) is 1. The van der Waals surface area contributed by atoms with E-state index in [1.165, 1.54) is 0 Å². The quantitative estimate of drug-likeness (QED) is 0.719. The Kier molecular flexibility index (Phi) is 5.02. The van der Waals surface area contributed by atoms with Gasteiger partial charge in [0.05, 0.1) is 5.56 Å². The molecule has 0 aliphatic carbocycles. The summed E-state index contributed by atoms with van der Waals surface area (Å²) < 4.78 is 37.7. The van der Waals surface area contributed by atoms with Gasteiger partial charge in [-0.15, -0.1) is 0 Å². The summed E-state index contributed by atoms with van der Waals surface area (Å²) in [5.41, 5.74) is 2.16. The monoisotopic (exact) mass is 356 g/mol. The number of hydrogen-bond acceptors (Lipinski definition) is 2. The molecule has 0 aliphatic rings. The summed E-state index contributed by atoms with van der Waals surface area (Å²) in [6, 6.07) is 15.3.